The first kappa shape index (κ1) is 17.7. The zero-order valence-corrected chi connectivity index (χ0v) is 15.9. The Morgan fingerprint density at radius 3 is 2.59 bits per heavy atom. The van der Waals surface area contributed by atoms with Gasteiger partial charge in [-0.05, 0) is 63.2 Å². The van der Waals surface area contributed by atoms with E-state index in [0.29, 0.717) is 12.8 Å². The summed E-state index contributed by atoms with van der Waals surface area (Å²) in [5.74, 6) is -0.0241. The number of benzene rings is 1. The van der Waals surface area contributed by atoms with Gasteiger partial charge in [0.15, 0.2) is 5.13 Å². The Morgan fingerprint density at radius 2 is 1.96 bits per heavy atom. The fraction of sp³-hybridized carbons (Fsp3) is 0.316. The molecule has 7 nitrogen and oxygen atoms in total. The molecule has 1 saturated heterocycles. The van der Waals surface area contributed by atoms with Gasteiger partial charge in [-0.2, -0.15) is 5.10 Å². The second-order valence-corrected chi connectivity index (χ2v) is 7.54. The van der Waals surface area contributed by atoms with Crippen molar-refractivity contribution in [3.05, 3.63) is 53.8 Å². The predicted octanol–water partition coefficient (Wildman–Crippen LogP) is 3.11. The Labute approximate surface area is 161 Å². The SMILES string of the molecule is Cc1csc(Nc2ccc(NC(=O)C3(n4cccn4)CCNCC3)cc2)n1. The van der Waals surface area contributed by atoms with Gasteiger partial charge < -0.3 is 16.0 Å². The summed E-state index contributed by atoms with van der Waals surface area (Å²) in [5, 5.41) is 16.9. The number of carbonyl (C=O) groups excluding carboxylic acids is 1. The number of anilines is 3. The topological polar surface area (TPSA) is 83.9 Å². The quantitative estimate of drug-likeness (QED) is 0.631. The summed E-state index contributed by atoms with van der Waals surface area (Å²) < 4.78 is 1.80. The average molecular weight is 382 g/mol. The van der Waals surface area contributed by atoms with Crippen LogP contribution in [0.5, 0.6) is 0 Å². The van der Waals surface area contributed by atoms with Crippen LogP contribution in [0.15, 0.2) is 48.1 Å². The Balaban J connectivity index is 1.48. The van der Waals surface area contributed by atoms with E-state index in [0.717, 1.165) is 35.3 Å². The van der Waals surface area contributed by atoms with E-state index in [2.05, 4.69) is 26.0 Å². The minimum atomic E-state index is -0.649. The molecule has 0 bridgehead atoms. The summed E-state index contributed by atoms with van der Waals surface area (Å²) >= 11 is 1.57. The van der Waals surface area contributed by atoms with Gasteiger partial charge in [-0.15, -0.1) is 11.3 Å². The maximum Gasteiger partial charge on any atom is 0.252 e. The second-order valence-electron chi connectivity index (χ2n) is 6.68. The number of hydrogen-bond acceptors (Lipinski definition) is 6. The van der Waals surface area contributed by atoms with E-state index in [-0.39, 0.29) is 5.91 Å². The summed E-state index contributed by atoms with van der Waals surface area (Å²) in [6, 6.07) is 9.54. The first-order valence-electron chi connectivity index (χ1n) is 8.97. The third kappa shape index (κ3) is 3.72. The summed E-state index contributed by atoms with van der Waals surface area (Å²) in [7, 11) is 0. The molecule has 2 aromatic heterocycles. The summed E-state index contributed by atoms with van der Waals surface area (Å²) in [4.78, 5) is 17.5. The van der Waals surface area contributed by atoms with Crippen LogP contribution in [-0.4, -0.2) is 33.8 Å². The highest BCUT2D eigenvalue weighted by molar-refractivity contribution is 7.13. The predicted molar refractivity (Wildman–Crippen MR) is 108 cm³/mol. The molecule has 8 heteroatoms. The van der Waals surface area contributed by atoms with Gasteiger partial charge in [0, 0.05) is 29.1 Å². The normalized spacial score (nSPS) is 16.0. The molecule has 0 spiro atoms. The van der Waals surface area contributed by atoms with Gasteiger partial charge in [0.05, 0.1) is 5.69 Å². The van der Waals surface area contributed by atoms with E-state index in [1.54, 1.807) is 22.2 Å². The average Bonchev–Trinajstić information content (AvgIpc) is 3.36. The van der Waals surface area contributed by atoms with Crippen molar-refractivity contribution in [3.8, 4) is 0 Å². The van der Waals surface area contributed by atoms with Crippen LogP contribution < -0.4 is 16.0 Å². The van der Waals surface area contributed by atoms with Crippen molar-refractivity contribution in [1.82, 2.24) is 20.1 Å². The van der Waals surface area contributed by atoms with Crippen molar-refractivity contribution >= 4 is 33.8 Å². The standard InChI is InChI=1S/C19H22N6OS/c1-14-13-27-18(22-14)24-16-5-3-15(4-6-16)23-17(26)19(7-10-20-11-8-19)25-12-2-9-21-25/h2-6,9,12-13,20H,7-8,10-11H2,1H3,(H,22,24)(H,23,26). The van der Waals surface area contributed by atoms with Crippen LogP contribution in [0.3, 0.4) is 0 Å². The number of piperidine rings is 1. The third-order valence-corrected chi connectivity index (χ3v) is 5.68. The van der Waals surface area contributed by atoms with Crippen LogP contribution in [0.1, 0.15) is 18.5 Å². The van der Waals surface area contributed by atoms with Crippen LogP contribution in [0.25, 0.3) is 0 Å². The van der Waals surface area contributed by atoms with Crippen molar-refractivity contribution in [1.29, 1.82) is 0 Å². The summed E-state index contributed by atoms with van der Waals surface area (Å²) in [5.41, 5.74) is 2.05. The van der Waals surface area contributed by atoms with Crippen molar-refractivity contribution in [2.75, 3.05) is 23.7 Å². The lowest BCUT2D eigenvalue weighted by atomic mass is 9.87. The monoisotopic (exact) mass is 382 g/mol. The largest absolute Gasteiger partial charge is 0.332 e. The van der Waals surface area contributed by atoms with Crippen LogP contribution >= 0.6 is 11.3 Å². The van der Waals surface area contributed by atoms with Crippen LogP contribution in [0.4, 0.5) is 16.5 Å². The minimum Gasteiger partial charge on any atom is -0.332 e. The molecule has 3 N–H and O–H groups in total. The minimum absolute atomic E-state index is 0.0241. The van der Waals surface area contributed by atoms with Gasteiger partial charge in [0.2, 0.25) is 0 Å². The van der Waals surface area contributed by atoms with Crippen molar-refractivity contribution < 1.29 is 4.79 Å². The van der Waals surface area contributed by atoms with Gasteiger partial charge in [0.1, 0.15) is 5.54 Å². The molecule has 1 aliphatic rings. The summed E-state index contributed by atoms with van der Waals surface area (Å²) in [6.07, 6.45) is 5.01. The van der Waals surface area contributed by atoms with Crippen molar-refractivity contribution in [2.45, 2.75) is 25.3 Å². The molecule has 0 saturated carbocycles. The van der Waals surface area contributed by atoms with E-state index >= 15 is 0 Å². The number of rotatable bonds is 5. The van der Waals surface area contributed by atoms with Gasteiger partial charge >= 0.3 is 0 Å². The van der Waals surface area contributed by atoms with E-state index in [1.165, 1.54) is 0 Å². The van der Waals surface area contributed by atoms with Crippen LogP contribution in [0, 0.1) is 6.92 Å². The maximum absolute atomic E-state index is 13.1. The van der Waals surface area contributed by atoms with E-state index in [9.17, 15) is 4.79 Å². The molecule has 140 valence electrons. The molecular formula is C19H22N6OS. The Kier molecular flexibility index (Phi) is 4.91. The lowest BCUT2D eigenvalue weighted by Crippen LogP contribution is -2.52. The number of aryl methyl sites for hydroxylation is 1. The van der Waals surface area contributed by atoms with Gasteiger partial charge in [-0.25, -0.2) is 4.98 Å². The number of thiazole rings is 1. The number of carbonyl (C=O) groups is 1. The Bertz CT molecular complexity index is 897. The lowest BCUT2D eigenvalue weighted by molar-refractivity contribution is -0.126. The lowest BCUT2D eigenvalue weighted by Gasteiger charge is -2.36. The molecule has 1 aliphatic heterocycles. The van der Waals surface area contributed by atoms with E-state index in [1.807, 2.05) is 48.8 Å². The van der Waals surface area contributed by atoms with E-state index < -0.39 is 5.54 Å². The van der Waals surface area contributed by atoms with Crippen molar-refractivity contribution in [3.63, 3.8) is 0 Å². The molecule has 1 aromatic carbocycles. The molecule has 0 aliphatic carbocycles. The zero-order valence-electron chi connectivity index (χ0n) is 15.1. The molecular weight excluding hydrogens is 360 g/mol. The number of aromatic nitrogens is 3. The fourth-order valence-electron chi connectivity index (χ4n) is 3.34. The number of hydrogen-bond donors (Lipinski definition) is 3. The second kappa shape index (κ2) is 7.50. The molecule has 3 aromatic rings. The highest BCUT2D eigenvalue weighted by Crippen LogP contribution is 2.29. The number of amides is 1. The zero-order chi connectivity index (χ0) is 18.7. The first-order valence-corrected chi connectivity index (χ1v) is 9.85. The summed E-state index contributed by atoms with van der Waals surface area (Å²) in [6.45, 7) is 3.56. The number of nitrogens with zero attached hydrogens (tertiary/aromatic N) is 3. The van der Waals surface area contributed by atoms with Crippen LogP contribution in [0.2, 0.25) is 0 Å². The molecule has 4 rings (SSSR count). The molecule has 0 radical (unpaired) electrons. The van der Waals surface area contributed by atoms with Crippen molar-refractivity contribution in [2.24, 2.45) is 0 Å². The highest BCUT2D eigenvalue weighted by Gasteiger charge is 2.42. The highest BCUT2D eigenvalue weighted by atomic mass is 32.1. The molecule has 1 amide bonds. The van der Waals surface area contributed by atoms with Gasteiger partial charge in [-0.1, -0.05) is 0 Å². The Hall–Kier alpha value is -2.71. The fourth-order valence-corrected chi connectivity index (χ4v) is 4.05. The molecule has 0 atom stereocenters. The molecule has 3 heterocycles. The first-order chi connectivity index (χ1) is 13.2. The van der Waals surface area contributed by atoms with Crippen LogP contribution in [-0.2, 0) is 10.3 Å². The maximum atomic E-state index is 13.1. The molecule has 0 unspecified atom stereocenters. The van der Waals surface area contributed by atoms with E-state index in [4.69, 9.17) is 0 Å². The van der Waals surface area contributed by atoms with Gasteiger partial charge in [-0.3, -0.25) is 9.48 Å². The Morgan fingerprint density at radius 1 is 1.22 bits per heavy atom. The number of nitrogens with one attached hydrogen (secondary N) is 3. The van der Waals surface area contributed by atoms with Gasteiger partial charge in [0.25, 0.3) is 5.91 Å². The molecule has 1 fully saturated rings. The third-order valence-electron chi connectivity index (χ3n) is 4.81. The smallest absolute Gasteiger partial charge is 0.252 e. The molecule has 27 heavy (non-hydrogen) atoms.